The highest BCUT2D eigenvalue weighted by molar-refractivity contribution is 5.90. The van der Waals surface area contributed by atoms with Gasteiger partial charge in [-0.1, -0.05) is 12.2 Å². The number of ether oxygens (including phenoxy) is 1. The molecule has 1 aromatic rings. The van der Waals surface area contributed by atoms with Crippen LogP contribution in [0.2, 0.25) is 0 Å². The van der Waals surface area contributed by atoms with Crippen molar-refractivity contribution in [3.8, 4) is 0 Å². The molecule has 1 N–H and O–H groups in total. The molecule has 126 valence electrons. The molecule has 0 spiro atoms. The molecule has 0 bridgehead atoms. The standard InChI is InChI=1S/C16H19F3N2O2/c1-4-9-21(10-5-2)14-8-7-12(16(17,18)19)11-13(14)20-15(22)23-6-3/h4-5,7-8,11H,1-2,6,9-10H2,3H3,(H,20,22). The lowest BCUT2D eigenvalue weighted by molar-refractivity contribution is -0.137. The zero-order valence-corrected chi connectivity index (χ0v) is 12.8. The van der Waals surface area contributed by atoms with Crippen molar-refractivity contribution in [2.45, 2.75) is 13.1 Å². The van der Waals surface area contributed by atoms with Crippen molar-refractivity contribution < 1.29 is 22.7 Å². The quantitative estimate of drug-likeness (QED) is 0.752. The maximum atomic E-state index is 12.9. The number of hydrogen-bond donors (Lipinski definition) is 1. The number of nitrogens with one attached hydrogen (secondary N) is 1. The Hall–Kier alpha value is -2.44. The number of alkyl halides is 3. The molecule has 0 aliphatic rings. The zero-order chi connectivity index (χ0) is 17.5. The van der Waals surface area contributed by atoms with Crippen molar-refractivity contribution in [2.24, 2.45) is 0 Å². The summed E-state index contributed by atoms with van der Waals surface area (Å²) in [5, 5.41) is 2.35. The Balaban J connectivity index is 3.28. The van der Waals surface area contributed by atoms with Crippen LogP contribution in [0.25, 0.3) is 0 Å². The van der Waals surface area contributed by atoms with Gasteiger partial charge in [0.25, 0.3) is 0 Å². The third kappa shape index (κ3) is 5.36. The predicted octanol–water partition coefficient (Wildman–Crippen LogP) is 4.45. The van der Waals surface area contributed by atoms with E-state index in [0.29, 0.717) is 18.8 Å². The van der Waals surface area contributed by atoms with Crippen molar-refractivity contribution >= 4 is 17.5 Å². The number of nitrogens with zero attached hydrogens (tertiary/aromatic N) is 1. The molecule has 4 nitrogen and oxygen atoms in total. The molecule has 0 aliphatic carbocycles. The smallest absolute Gasteiger partial charge is 0.416 e. The second-order valence-corrected chi connectivity index (χ2v) is 4.56. The van der Waals surface area contributed by atoms with Crippen LogP contribution in [0.4, 0.5) is 29.3 Å². The van der Waals surface area contributed by atoms with E-state index < -0.39 is 17.8 Å². The van der Waals surface area contributed by atoms with Crippen molar-refractivity contribution in [3.05, 3.63) is 49.1 Å². The van der Waals surface area contributed by atoms with Gasteiger partial charge in [-0.15, -0.1) is 13.2 Å². The fraction of sp³-hybridized carbons (Fsp3) is 0.312. The normalized spacial score (nSPS) is 10.8. The van der Waals surface area contributed by atoms with Gasteiger partial charge in [0.05, 0.1) is 23.5 Å². The molecule has 0 fully saturated rings. The molecule has 0 aliphatic heterocycles. The number of benzene rings is 1. The van der Waals surface area contributed by atoms with E-state index in [1.54, 1.807) is 24.0 Å². The van der Waals surface area contributed by atoms with Gasteiger partial charge >= 0.3 is 12.3 Å². The van der Waals surface area contributed by atoms with Gasteiger partial charge in [0, 0.05) is 13.1 Å². The minimum Gasteiger partial charge on any atom is -0.450 e. The van der Waals surface area contributed by atoms with E-state index in [0.717, 1.165) is 12.1 Å². The summed E-state index contributed by atoms with van der Waals surface area (Å²) in [6, 6.07) is 3.15. The second-order valence-electron chi connectivity index (χ2n) is 4.56. The van der Waals surface area contributed by atoms with E-state index in [2.05, 4.69) is 18.5 Å². The van der Waals surface area contributed by atoms with E-state index in [9.17, 15) is 18.0 Å². The molecule has 0 heterocycles. The summed E-state index contributed by atoms with van der Waals surface area (Å²) in [6.07, 6.45) is -2.11. The van der Waals surface area contributed by atoms with Crippen molar-refractivity contribution in [3.63, 3.8) is 0 Å². The first-order valence-corrected chi connectivity index (χ1v) is 6.95. The number of carbonyl (C=O) groups excluding carboxylic acids is 1. The number of hydrogen-bond acceptors (Lipinski definition) is 3. The molecule has 7 heteroatoms. The van der Waals surface area contributed by atoms with Crippen LogP contribution in [0.15, 0.2) is 43.5 Å². The molecule has 23 heavy (non-hydrogen) atoms. The monoisotopic (exact) mass is 328 g/mol. The number of amides is 1. The number of rotatable bonds is 7. The van der Waals surface area contributed by atoms with Crippen LogP contribution in [-0.4, -0.2) is 25.8 Å². The van der Waals surface area contributed by atoms with Crippen LogP contribution >= 0.6 is 0 Å². The predicted molar refractivity (Wildman–Crippen MR) is 84.7 cm³/mol. The second kappa shape index (κ2) is 8.26. The average Bonchev–Trinajstić information content (AvgIpc) is 2.46. The van der Waals surface area contributed by atoms with Gasteiger partial charge in [0.15, 0.2) is 0 Å². The fourth-order valence-corrected chi connectivity index (χ4v) is 1.95. The van der Waals surface area contributed by atoms with E-state index in [-0.39, 0.29) is 12.3 Å². The Labute approximate surface area is 133 Å². The summed E-state index contributed by atoms with van der Waals surface area (Å²) < 4.78 is 43.4. The van der Waals surface area contributed by atoms with Gasteiger partial charge in [0.2, 0.25) is 0 Å². The molecule has 0 unspecified atom stereocenters. The third-order valence-corrected chi connectivity index (χ3v) is 2.88. The molecule has 0 atom stereocenters. The molecule has 0 aromatic heterocycles. The van der Waals surface area contributed by atoms with Crippen molar-refractivity contribution in [2.75, 3.05) is 29.9 Å². The molecule has 0 saturated carbocycles. The first-order valence-electron chi connectivity index (χ1n) is 6.95. The lowest BCUT2D eigenvalue weighted by atomic mass is 10.1. The highest BCUT2D eigenvalue weighted by atomic mass is 19.4. The van der Waals surface area contributed by atoms with Crippen LogP contribution in [0, 0.1) is 0 Å². The maximum absolute atomic E-state index is 12.9. The Bertz CT molecular complexity index is 561. The van der Waals surface area contributed by atoms with E-state index >= 15 is 0 Å². The van der Waals surface area contributed by atoms with Gasteiger partial charge in [-0.25, -0.2) is 4.79 Å². The lowest BCUT2D eigenvalue weighted by Gasteiger charge is -2.25. The number of carbonyl (C=O) groups is 1. The molecule has 1 aromatic carbocycles. The summed E-state index contributed by atoms with van der Waals surface area (Å²) in [5.41, 5.74) is -0.418. The molecule has 0 saturated heterocycles. The molecular weight excluding hydrogens is 309 g/mol. The molecule has 0 radical (unpaired) electrons. The summed E-state index contributed by atoms with van der Waals surface area (Å²) in [7, 11) is 0. The van der Waals surface area contributed by atoms with Crippen LogP contribution in [0.5, 0.6) is 0 Å². The van der Waals surface area contributed by atoms with Crippen LogP contribution in [-0.2, 0) is 10.9 Å². The third-order valence-electron chi connectivity index (χ3n) is 2.88. The largest absolute Gasteiger partial charge is 0.450 e. The highest BCUT2D eigenvalue weighted by Crippen LogP contribution is 2.35. The topological polar surface area (TPSA) is 41.6 Å². The first-order chi connectivity index (χ1) is 10.8. The minimum atomic E-state index is -4.51. The highest BCUT2D eigenvalue weighted by Gasteiger charge is 2.31. The Morgan fingerprint density at radius 1 is 1.30 bits per heavy atom. The van der Waals surface area contributed by atoms with E-state index in [1.165, 1.54) is 6.07 Å². The summed E-state index contributed by atoms with van der Waals surface area (Å²) in [5.74, 6) is 0. The summed E-state index contributed by atoms with van der Waals surface area (Å²) in [6.45, 7) is 9.72. The number of halogens is 3. The maximum Gasteiger partial charge on any atom is 0.416 e. The summed E-state index contributed by atoms with van der Waals surface area (Å²) >= 11 is 0. The first kappa shape index (κ1) is 18.6. The Morgan fingerprint density at radius 3 is 2.39 bits per heavy atom. The lowest BCUT2D eigenvalue weighted by Crippen LogP contribution is -2.25. The van der Waals surface area contributed by atoms with Crippen LogP contribution in [0.3, 0.4) is 0 Å². The van der Waals surface area contributed by atoms with E-state index in [4.69, 9.17) is 4.74 Å². The number of anilines is 2. The van der Waals surface area contributed by atoms with Crippen molar-refractivity contribution in [1.82, 2.24) is 0 Å². The van der Waals surface area contributed by atoms with Crippen LogP contribution in [0.1, 0.15) is 12.5 Å². The molecular formula is C16H19F3N2O2. The van der Waals surface area contributed by atoms with Gasteiger partial charge in [-0.2, -0.15) is 13.2 Å². The minimum absolute atomic E-state index is 0.0157. The van der Waals surface area contributed by atoms with Crippen molar-refractivity contribution in [1.29, 1.82) is 0 Å². The fourth-order valence-electron chi connectivity index (χ4n) is 1.95. The molecule has 1 rings (SSSR count). The Morgan fingerprint density at radius 2 is 1.91 bits per heavy atom. The van der Waals surface area contributed by atoms with Gasteiger partial charge in [-0.05, 0) is 25.1 Å². The van der Waals surface area contributed by atoms with Gasteiger partial charge < -0.3 is 9.64 Å². The SMILES string of the molecule is C=CCN(CC=C)c1ccc(C(F)(F)F)cc1NC(=O)OCC. The van der Waals surface area contributed by atoms with Gasteiger partial charge in [0.1, 0.15) is 0 Å². The van der Waals surface area contributed by atoms with E-state index in [1.807, 2.05) is 0 Å². The Kier molecular flexibility index (Phi) is 6.68. The molecule has 1 amide bonds. The average molecular weight is 328 g/mol. The summed E-state index contributed by atoms with van der Waals surface area (Å²) in [4.78, 5) is 13.3. The zero-order valence-electron chi connectivity index (χ0n) is 12.8. The van der Waals surface area contributed by atoms with Gasteiger partial charge in [-0.3, -0.25) is 5.32 Å². The van der Waals surface area contributed by atoms with Crippen LogP contribution < -0.4 is 10.2 Å².